The fraction of sp³-hybridized carbons (Fsp3) is 0.316. The van der Waals surface area contributed by atoms with Crippen LogP contribution in [0.4, 0.5) is 10.3 Å². The third-order valence-corrected chi connectivity index (χ3v) is 6.19. The van der Waals surface area contributed by atoms with E-state index in [0.29, 0.717) is 10.7 Å². The number of hydrogen-bond donors (Lipinski definition) is 2. The third-order valence-electron chi connectivity index (χ3n) is 4.29. The zero-order valence-corrected chi connectivity index (χ0v) is 16.5. The summed E-state index contributed by atoms with van der Waals surface area (Å²) < 4.78 is 5.63. The Bertz CT molecular complexity index is 917. The van der Waals surface area contributed by atoms with Crippen LogP contribution in [0.5, 0.6) is 0 Å². The van der Waals surface area contributed by atoms with Crippen molar-refractivity contribution in [2.24, 2.45) is 0 Å². The van der Waals surface area contributed by atoms with E-state index in [-0.39, 0.29) is 12.0 Å². The molecule has 0 aliphatic carbocycles. The lowest BCUT2D eigenvalue weighted by Gasteiger charge is -2.08. The fourth-order valence-electron chi connectivity index (χ4n) is 2.91. The van der Waals surface area contributed by atoms with Crippen LogP contribution in [0.25, 0.3) is 10.6 Å². The molecule has 3 aromatic rings. The van der Waals surface area contributed by atoms with Gasteiger partial charge in [-0.1, -0.05) is 29.5 Å². The number of carbonyl (C=O) groups excluding carboxylic acids is 1. The molecule has 0 unspecified atom stereocenters. The number of thiazole rings is 2. The van der Waals surface area contributed by atoms with Crippen molar-refractivity contribution in [2.45, 2.75) is 25.9 Å². The molecule has 1 fully saturated rings. The molecule has 0 bridgehead atoms. The topological polar surface area (TPSA) is 76.1 Å². The molecule has 6 nitrogen and oxygen atoms in total. The van der Waals surface area contributed by atoms with Crippen LogP contribution in [0.2, 0.25) is 0 Å². The summed E-state index contributed by atoms with van der Waals surface area (Å²) in [5.41, 5.74) is 2.35. The second-order valence-corrected chi connectivity index (χ2v) is 8.16. The first kappa shape index (κ1) is 18.1. The SMILES string of the molecule is Cc1nc(NC(=O)c2ccccc2)sc1-c1csc(NC[C@@H]2CCCO2)n1. The van der Waals surface area contributed by atoms with Gasteiger partial charge >= 0.3 is 0 Å². The van der Waals surface area contributed by atoms with Crippen molar-refractivity contribution in [1.29, 1.82) is 0 Å². The van der Waals surface area contributed by atoms with E-state index in [9.17, 15) is 4.79 Å². The molecule has 0 saturated carbocycles. The molecule has 140 valence electrons. The minimum Gasteiger partial charge on any atom is -0.376 e. The Hall–Kier alpha value is -2.29. The molecule has 1 amide bonds. The fourth-order valence-corrected chi connectivity index (χ4v) is 4.62. The number of nitrogens with zero attached hydrogens (tertiary/aromatic N) is 2. The van der Waals surface area contributed by atoms with Crippen LogP contribution in [-0.4, -0.2) is 35.1 Å². The predicted molar refractivity (Wildman–Crippen MR) is 110 cm³/mol. The molecule has 0 radical (unpaired) electrons. The molecule has 1 saturated heterocycles. The maximum atomic E-state index is 12.3. The average molecular weight is 401 g/mol. The molecule has 1 aromatic carbocycles. The van der Waals surface area contributed by atoms with Crippen molar-refractivity contribution in [3.63, 3.8) is 0 Å². The van der Waals surface area contributed by atoms with Crippen molar-refractivity contribution in [1.82, 2.24) is 9.97 Å². The largest absolute Gasteiger partial charge is 0.376 e. The van der Waals surface area contributed by atoms with E-state index in [4.69, 9.17) is 4.74 Å². The van der Waals surface area contributed by atoms with E-state index < -0.39 is 0 Å². The van der Waals surface area contributed by atoms with E-state index in [1.165, 1.54) is 11.3 Å². The van der Waals surface area contributed by atoms with Crippen LogP contribution < -0.4 is 10.6 Å². The highest BCUT2D eigenvalue weighted by atomic mass is 32.1. The van der Waals surface area contributed by atoms with E-state index >= 15 is 0 Å². The highest BCUT2D eigenvalue weighted by Crippen LogP contribution is 2.34. The van der Waals surface area contributed by atoms with E-state index in [0.717, 1.165) is 47.4 Å². The number of carbonyl (C=O) groups is 1. The maximum absolute atomic E-state index is 12.3. The zero-order chi connectivity index (χ0) is 18.6. The van der Waals surface area contributed by atoms with Crippen molar-refractivity contribution < 1.29 is 9.53 Å². The number of aromatic nitrogens is 2. The Kier molecular flexibility index (Phi) is 5.47. The highest BCUT2D eigenvalue weighted by Gasteiger charge is 2.17. The predicted octanol–water partition coefficient (Wildman–Crippen LogP) is 4.42. The molecular formula is C19H20N4O2S2. The monoisotopic (exact) mass is 400 g/mol. The first-order valence-electron chi connectivity index (χ1n) is 8.84. The summed E-state index contributed by atoms with van der Waals surface area (Å²) in [6, 6.07) is 9.13. The minimum atomic E-state index is -0.159. The average Bonchev–Trinajstić information content (AvgIpc) is 3.42. The lowest BCUT2D eigenvalue weighted by Crippen LogP contribution is -2.18. The van der Waals surface area contributed by atoms with Gasteiger partial charge in [0, 0.05) is 24.1 Å². The van der Waals surface area contributed by atoms with E-state index in [2.05, 4.69) is 20.6 Å². The first-order chi connectivity index (χ1) is 13.2. The van der Waals surface area contributed by atoms with Gasteiger partial charge in [0.05, 0.1) is 22.4 Å². The van der Waals surface area contributed by atoms with Gasteiger partial charge in [0.1, 0.15) is 0 Å². The Morgan fingerprint density at radius 2 is 2.11 bits per heavy atom. The van der Waals surface area contributed by atoms with Gasteiger partial charge in [0.25, 0.3) is 5.91 Å². The summed E-state index contributed by atoms with van der Waals surface area (Å²) in [5.74, 6) is -0.159. The van der Waals surface area contributed by atoms with Gasteiger partial charge in [-0.25, -0.2) is 9.97 Å². The minimum absolute atomic E-state index is 0.159. The number of nitrogens with one attached hydrogen (secondary N) is 2. The van der Waals surface area contributed by atoms with Crippen molar-refractivity contribution in [3.05, 3.63) is 47.0 Å². The van der Waals surface area contributed by atoms with Crippen LogP contribution in [0.3, 0.4) is 0 Å². The van der Waals surface area contributed by atoms with Crippen LogP contribution in [-0.2, 0) is 4.74 Å². The second kappa shape index (κ2) is 8.16. The van der Waals surface area contributed by atoms with Gasteiger partial charge in [-0.2, -0.15) is 0 Å². The molecule has 1 aliphatic rings. The van der Waals surface area contributed by atoms with Crippen LogP contribution in [0.1, 0.15) is 28.9 Å². The number of rotatable bonds is 6. The molecule has 3 heterocycles. The van der Waals surface area contributed by atoms with Crippen LogP contribution in [0, 0.1) is 6.92 Å². The van der Waals surface area contributed by atoms with Crippen molar-refractivity contribution in [3.8, 4) is 10.6 Å². The first-order valence-corrected chi connectivity index (χ1v) is 10.5. The summed E-state index contributed by atoms with van der Waals surface area (Å²) in [5, 5.41) is 9.70. The molecule has 27 heavy (non-hydrogen) atoms. The quantitative estimate of drug-likeness (QED) is 0.641. The normalized spacial score (nSPS) is 16.4. The Morgan fingerprint density at radius 3 is 2.89 bits per heavy atom. The Balaban J connectivity index is 1.43. The summed E-state index contributed by atoms with van der Waals surface area (Å²) in [4.78, 5) is 22.4. The maximum Gasteiger partial charge on any atom is 0.257 e. The molecule has 0 spiro atoms. The Morgan fingerprint density at radius 1 is 1.26 bits per heavy atom. The number of anilines is 2. The highest BCUT2D eigenvalue weighted by molar-refractivity contribution is 7.20. The summed E-state index contributed by atoms with van der Waals surface area (Å²) in [6.45, 7) is 3.57. The summed E-state index contributed by atoms with van der Waals surface area (Å²) in [6.07, 6.45) is 2.51. The van der Waals surface area contributed by atoms with Gasteiger partial charge < -0.3 is 10.1 Å². The van der Waals surface area contributed by atoms with Crippen LogP contribution in [0.15, 0.2) is 35.7 Å². The zero-order valence-electron chi connectivity index (χ0n) is 14.9. The number of ether oxygens (including phenoxy) is 1. The number of benzene rings is 1. The Labute approximate surface area is 165 Å². The second-order valence-electron chi connectivity index (χ2n) is 6.31. The molecule has 1 atom stereocenters. The van der Waals surface area contributed by atoms with Gasteiger partial charge in [0.15, 0.2) is 10.3 Å². The standard InChI is InChI=1S/C19H20N4O2S2/c1-12-16(15-11-26-18(22-15)20-10-14-8-5-9-25-14)27-19(21-12)23-17(24)13-6-3-2-4-7-13/h2-4,6-7,11,14H,5,8-10H2,1H3,(H,20,22)(H,21,23,24)/t14-/m0/s1. The van der Waals surface area contributed by atoms with Gasteiger partial charge in [-0.05, 0) is 31.9 Å². The van der Waals surface area contributed by atoms with Gasteiger partial charge in [-0.3, -0.25) is 10.1 Å². The molecule has 1 aliphatic heterocycles. The molecule has 2 N–H and O–H groups in total. The number of aryl methyl sites for hydroxylation is 1. The van der Waals surface area contributed by atoms with E-state index in [1.807, 2.05) is 30.5 Å². The van der Waals surface area contributed by atoms with Gasteiger partial charge in [0.2, 0.25) is 0 Å². The molecule has 8 heteroatoms. The van der Waals surface area contributed by atoms with E-state index in [1.54, 1.807) is 23.5 Å². The van der Waals surface area contributed by atoms with Crippen LogP contribution >= 0.6 is 22.7 Å². The molecule has 2 aromatic heterocycles. The lowest BCUT2D eigenvalue weighted by atomic mass is 10.2. The van der Waals surface area contributed by atoms with Gasteiger partial charge in [-0.15, -0.1) is 11.3 Å². The smallest absolute Gasteiger partial charge is 0.257 e. The third kappa shape index (κ3) is 4.35. The summed E-state index contributed by atoms with van der Waals surface area (Å²) in [7, 11) is 0. The lowest BCUT2D eigenvalue weighted by molar-refractivity contribution is 0.102. The molecular weight excluding hydrogens is 380 g/mol. The summed E-state index contributed by atoms with van der Waals surface area (Å²) >= 11 is 3.01. The number of hydrogen-bond acceptors (Lipinski definition) is 7. The number of amides is 1. The molecule has 4 rings (SSSR count). The van der Waals surface area contributed by atoms with Crippen molar-refractivity contribution >= 4 is 38.8 Å². The van der Waals surface area contributed by atoms with Crippen molar-refractivity contribution in [2.75, 3.05) is 23.8 Å².